The molecule has 0 spiro atoms. The SMILES string of the molecule is CC(N)c1nc(C(=O)NCc2ccc(CO)cc2)cs1. The molecule has 0 aliphatic carbocycles. The second-order valence-corrected chi connectivity index (χ2v) is 5.41. The molecule has 0 aliphatic heterocycles. The van der Waals surface area contributed by atoms with E-state index in [4.69, 9.17) is 10.8 Å². The Morgan fingerprint density at radius 2 is 2.05 bits per heavy atom. The minimum Gasteiger partial charge on any atom is -0.392 e. The zero-order valence-electron chi connectivity index (χ0n) is 11.2. The van der Waals surface area contributed by atoms with E-state index in [9.17, 15) is 4.79 Å². The van der Waals surface area contributed by atoms with Gasteiger partial charge in [0.1, 0.15) is 10.7 Å². The molecule has 4 N–H and O–H groups in total. The Morgan fingerprint density at radius 3 is 2.60 bits per heavy atom. The summed E-state index contributed by atoms with van der Waals surface area (Å²) in [6.07, 6.45) is 0. The molecule has 1 amide bonds. The van der Waals surface area contributed by atoms with Crippen molar-refractivity contribution in [1.82, 2.24) is 10.3 Å². The largest absolute Gasteiger partial charge is 0.392 e. The van der Waals surface area contributed by atoms with Crippen LogP contribution in [0, 0.1) is 0 Å². The predicted molar refractivity (Wildman–Crippen MR) is 78.3 cm³/mol. The maximum Gasteiger partial charge on any atom is 0.271 e. The Balaban J connectivity index is 1.93. The highest BCUT2D eigenvalue weighted by Gasteiger charge is 2.12. The van der Waals surface area contributed by atoms with Gasteiger partial charge in [0, 0.05) is 11.9 Å². The van der Waals surface area contributed by atoms with Crippen LogP contribution in [0.4, 0.5) is 0 Å². The molecular weight excluding hydrogens is 274 g/mol. The monoisotopic (exact) mass is 291 g/mol. The Labute approximate surface area is 121 Å². The van der Waals surface area contributed by atoms with Crippen LogP contribution in [0.15, 0.2) is 29.6 Å². The summed E-state index contributed by atoms with van der Waals surface area (Å²) in [4.78, 5) is 16.1. The van der Waals surface area contributed by atoms with Gasteiger partial charge in [-0.3, -0.25) is 4.79 Å². The van der Waals surface area contributed by atoms with Crippen molar-refractivity contribution in [3.8, 4) is 0 Å². The number of carbonyl (C=O) groups excluding carboxylic acids is 1. The lowest BCUT2D eigenvalue weighted by Gasteiger charge is -2.04. The van der Waals surface area contributed by atoms with Gasteiger partial charge in [0.2, 0.25) is 0 Å². The number of nitrogens with two attached hydrogens (primary N) is 1. The molecule has 1 heterocycles. The standard InChI is InChI=1S/C14H17N3O2S/c1-9(15)14-17-12(8-20-14)13(19)16-6-10-2-4-11(7-18)5-3-10/h2-5,8-9,18H,6-7,15H2,1H3,(H,16,19). The van der Waals surface area contributed by atoms with Crippen molar-refractivity contribution in [2.75, 3.05) is 0 Å². The van der Waals surface area contributed by atoms with E-state index >= 15 is 0 Å². The summed E-state index contributed by atoms with van der Waals surface area (Å²) in [6.45, 7) is 2.28. The van der Waals surface area contributed by atoms with Crippen LogP contribution in [0.2, 0.25) is 0 Å². The maximum absolute atomic E-state index is 11.9. The Kier molecular flexibility index (Phi) is 4.84. The topological polar surface area (TPSA) is 88.2 Å². The number of nitrogens with one attached hydrogen (secondary N) is 1. The highest BCUT2D eigenvalue weighted by atomic mass is 32.1. The number of rotatable bonds is 5. The van der Waals surface area contributed by atoms with Gasteiger partial charge >= 0.3 is 0 Å². The van der Waals surface area contributed by atoms with Crippen molar-refractivity contribution in [3.63, 3.8) is 0 Å². The van der Waals surface area contributed by atoms with Crippen LogP contribution in [0.1, 0.15) is 39.6 Å². The zero-order valence-corrected chi connectivity index (χ0v) is 12.0. The third kappa shape index (κ3) is 3.63. The normalized spacial score (nSPS) is 12.2. The Bertz CT molecular complexity index is 578. The van der Waals surface area contributed by atoms with E-state index in [-0.39, 0.29) is 18.6 Å². The van der Waals surface area contributed by atoms with Gasteiger partial charge in [-0.15, -0.1) is 11.3 Å². The van der Waals surface area contributed by atoms with Crippen LogP contribution in [0.25, 0.3) is 0 Å². The summed E-state index contributed by atoms with van der Waals surface area (Å²) >= 11 is 1.39. The van der Waals surface area contributed by atoms with Gasteiger partial charge in [-0.2, -0.15) is 0 Å². The van der Waals surface area contributed by atoms with Crippen molar-refractivity contribution < 1.29 is 9.90 Å². The first-order chi connectivity index (χ1) is 9.60. The first kappa shape index (κ1) is 14.6. The van der Waals surface area contributed by atoms with Crippen LogP contribution < -0.4 is 11.1 Å². The number of hydrogen-bond acceptors (Lipinski definition) is 5. The van der Waals surface area contributed by atoms with Gasteiger partial charge in [0.25, 0.3) is 5.91 Å². The van der Waals surface area contributed by atoms with E-state index in [1.807, 2.05) is 31.2 Å². The second kappa shape index (κ2) is 6.60. The van der Waals surface area contributed by atoms with Gasteiger partial charge < -0.3 is 16.2 Å². The first-order valence-electron chi connectivity index (χ1n) is 6.28. The van der Waals surface area contributed by atoms with E-state index in [1.54, 1.807) is 5.38 Å². The van der Waals surface area contributed by atoms with Crippen LogP contribution in [-0.4, -0.2) is 16.0 Å². The van der Waals surface area contributed by atoms with Gasteiger partial charge in [0.15, 0.2) is 0 Å². The lowest BCUT2D eigenvalue weighted by Crippen LogP contribution is -2.23. The molecule has 1 atom stereocenters. The summed E-state index contributed by atoms with van der Waals surface area (Å²) in [7, 11) is 0. The molecular formula is C14H17N3O2S. The van der Waals surface area contributed by atoms with E-state index in [0.717, 1.165) is 16.1 Å². The molecule has 1 aromatic heterocycles. The average Bonchev–Trinajstić information content (AvgIpc) is 2.95. The lowest BCUT2D eigenvalue weighted by atomic mass is 10.1. The average molecular weight is 291 g/mol. The molecule has 6 heteroatoms. The number of hydrogen-bond donors (Lipinski definition) is 3. The molecule has 106 valence electrons. The van der Waals surface area contributed by atoms with Gasteiger partial charge in [0.05, 0.1) is 12.6 Å². The van der Waals surface area contributed by atoms with Crippen LogP contribution >= 0.6 is 11.3 Å². The molecule has 2 aromatic rings. The summed E-state index contributed by atoms with van der Waals surface area (Å²) in [5, 5.41) is 14.2. The smallest absolute Gasteiger partial charge is 0.271 e. The molecule has 2 rings (SSSR count). The van der Waals surface area contributed by atoms with Crippen molar-refractivity contribution in [1.29, 1.82) is 0 Å². The number of carbonyl (C=O) groups is 1. The van der Waals surface area contributed by atoms with Crippen molar-refractivity contribution >= 4 is 17.2 Å². The third-order valence-electron chi connectivity index (χ3n) is 2.80. The Morgan fingerprint density at radius 1 is 1.40 bits per heavy atom. The van der Waals surface area contributed by atoms with Gasteiger partial charge in [-0.1, -0.05) is 24.3 Å². The fourth-order valence-corrected chi connectivity index (χ4v) is 2.39. The van der Waals surface area contributed by atoms with Crippen molar-refractivity contribution in [2.24, 2.45) is 5.73 Å². The molecule has 20 heavy (non-hydrogen) atoms. The fraction of sp³-hybridized carbons (Fsp3) is 0.286. The number of thiazole rings is 1. The first-order valence-corrected chi connectivity index (χ1v) is 7.16. The predicted octanol–water partition coefficient (Wildman–Crippen LogP) is 1.59. The molecule has 0 bridgehead atoms. The van der Waals surface area contributed by atoms with E-state index in [0.29, 0.717) is 12.2 Å². The number of nitrogens with zero attached hydrogens (tertiary/aromatic N) is 1. The summed E-state index contributed by atoms with van der Waals surface area (Å²) in [5.41, 5.74) is 7.93. The lowest BCUT2D eigenvalue weighted by molar-refractivity contribution is 0.0946. The van der Waals surface area contributed by atoms with E-state index < -0.39 is 0 Å². The molecule has 5 nitrogen and oxygen atoms in total. The highest BCUT2D eigenvalue weighted by molar-refractivity contribution is 7.09. The number of aromatic nitrogens is 1. The highest BCUT2D eigenvalue weighted by Crippen LogP contribution is 2.15. The van der Waals surface area contributed by atoms with Crippen molar-refractivity contribution in [3.05, 3.63) is 51.5 Å². The van der Waals surface area contributed by atoms with Crippen LogP contribution in [-0.2, 0) is 13.2 Å². The molecule has 0 fully saturated rings. The fourth-order valence-electron chi connectivity index (χ4n) is 1.64. The van der Waals surface area contributed by atoms with E-state index in [2.05, 4.69) is 10.3 Å². The summed E-state index contributed by atoms with van der Waals surface area (Å²) in [5.74, 6) is -0.209. The van der Waals surface area contributed by atoms with Crippen LogP contribution in [0.5, 0.6) is 0 Å². The number of aliphatic hydroxyl groups excluding tert-OH is 1. The number of benzene rings is 1. The molecule has 1 aromatic carbocycles. The quantitative estimate of drug-likeness (QED) is 0.780. The van der Waals surface area contributed by atoms with Crippen LogP contribution in [0.3, 0.4) is 0 Å². The molecule has 0 saturated heterocycles. The molecule has 0 radical (unpaired) electrons. The minimum absolute atomic E-state index is 0.0194. The zero-order chi connectivity index (χ0) is 14.5. The minimum atomic E-state index is -0.209. The van der Waals surface area contributed by atoms with Gasteiger partial charge in [-0.05, 0) is 18.1 Å². The second-order valence-electron chi connectivity index (χ2n) is 4.52. The maximum atomic E-state index is 11.9. The molecule has 1 unspecified atom stereocenters. The third-order valence-corrected chi connectivity index (χ3v) is 3.85. The number of aliphatic hydroxyl groups is 1. The van der Waals surface area contributed by atoms with Gasteiger partial charge in [-0.25, -0.2) is 4.98 Å². The van der Waals surface area contributed by atoms with Crippen molar-refractivity contribution in [2.45, 2.75) is 26.1 Å². The van der Waals surface area contributed by atoms with E-state index in [1.165, 1.54) is 11.3 Å². The summed E-state index contributed by atoms with van der Waals surface area (Å²) in [6, 6.07) is 7.25. The molecule has 0 aliphatic rings. The number of amides is 1. The Hall–Kier alpha value is -1.76. The summed E-state index contributed by atoms with van der Waals surface area (Å²) < 4.78 is 0. The molecule has 0 saturated carbocycles.